The highest BCUT2D eigenvalue weighted by Crippen LogP contribution is 2.18. The average Bonchev–Trinajstić information content (AvgIpc) is 2.53. The Balaban J connectivity index is 2.54. The minimum absolute atomic E-state index is 0.107. The van der Waals surface area contributed by atoms with Gasteiger partial charge in [-0.05, 0) is 31.2 Å². The lowest BCUT2D eigenvalue weighted by Gasteiger charge is -2.20. The van der Waals surface area contributed by atoms with Gasteiger partial charge in [-0.1, -0.05) is 11.6 Å². The van der Waals surface area contributed by atoms with E-state index in [1.807, 2.05) is 0 Å². The number of nitriles is 1. The number of halogens is 1. The molecular formula is C15H12ClN4O3+. The van der Waals surface area contributed by atoms with Crippen LogP contribution in [0.3, 0.4) is 0 Å². The van der Waals surface area contributed by atoms with Crippen molar-refractivity contribution in [3.05, 3.63) is 40.4 Å². The number of β-amino-alcohol motifs (C(OH)–C–C–N with tert-alkyl or cyclic N) is 1. The molecule has 0 aliphatic carbocycles. The molecule has 0 saturated heterocycles. The molecule has 2 amide bonds. The van der Waals surface area contributed by atoms with Gasteiger partial charge in [0.05, 0.1) is 23.5 Å². The van der Waals surface area contributed by atoms with Crippen LogP contribution in [0.15, 0.2) is 40.5 Å². The van der Waals surface area contributed by atoms with Gasteiger partial charge < -0.3 is 5.11 Å². The number of amides is 2. The van der Waals surface area contributed by atoms with Gasteiger partial charge in [-0.15, -0.1) is 0 Å². The molecular weight excluding hydrogens is 320 g/mol. The number of benzene rings is 1. The van der Waals surface area contributed by atoms with E-state index in [1.165, 1.54) is 6.92 Å². The van der Waals surface area contributed by atoms with Crippen LogP contribution in [0.2, 0.25) is 5.02 Å². The second-order valence-electron chi connectivity index (χ2n) is 4.62. The maximum atomic E-state index is 12.3. The van der Waals surface area contributed by atoms with Crippen LogP contribution < -0.4 is 0 Å². The molecule has 1 heterocycles. The van der Waals surface area contributed by atoms with Crippen LogP contribution in [0.5, 0.6) is 0 Å². The molecule has 7 nitrogen and oxygen atoms in total. The summed E-state index contributed by atoms with van der Waals surface area (Å²) >= 11 is 5.77. The lowest BCUT2D eigenvalue weighted by Crippen LogP contribution is -2.48. The minimum Gasteiger partial charge on any atom is -0.395 e. The Labute approximate surface area is 136 Å². The highest BCUT2D eigenvalue weighted by atomic mass is 35.5. The number of imide groups is 1. The summed E-state index contributed by atoms with van der Waals surface area (Å²) in [6, 6.07) is 8.22. The molecule has 1 aliphatic heterocycles. The van der Waals surface area contributed by atoms with Crippen LogP contribution in [-0.2, 0) is 9.59 Å². The molecule has 0 unspecified atom stereocenters. The van der Waals surface area contributed by atoms with Crippen LogP contribution in [0.4, 0.5) is 5.69 Å². The van der Waals surface area contributed by atoms with Gasteiger partial charge in [0, 0.05) is 5.02 Å². The minimum atomic E-state index is -0.741. The highest BCUT2D eigenvalue weighted by Gasteiger charge is 2.43. The van der Waals surface area contributed by atoms with E-state index >= 15 is 0 Å². The summed E-state index contributed by atoms with van der Waals surface area (Å²) < 4.78 is 0. The molecule has 1 aromatic carbocycles. The topological polar surface area (TPSA) is 108 Å². The SMILES string of the molecule is CC1=C(C#N)C(=O)N(CCO)C(=O)C1=[N+]=Nc1ccc(Cl)cc1. The maximum Gasteiger partial charge on any atom is 0.434 e. The first-order chi connectivity index (χ1) is 11.0. The summed E-state index contributed by atoms with van der Waals surface area (Å²) in [6.45, 7) is 0.841. The van der Waals surface area contributed by atoms with Gasteiger partial charge in [0.25, 0.3) is 5.91 Å². The monoisotopic (exact) mass is 331 g/mol. The number of aliphatic hydroxyl groups excluding tert-OH is 1. The third-order valence-corrected chi connectivity index (χ3v) is 3.42. The Morgan fingerprint density at radius 3 is 2.52 bits per heavy atom. The smallest absolute Gasteiger partial charge is 0.395 e. The quantitative estimate of drug-likeness (QED) is 0.511. The molecule has 0 aromatic heterocycles. The molecule has 116 valence electrons. The summed E-state index contributed by atoms with van der Waals surface area (Å²) in [7, 11) is 0. The van der Waals surface area contributed by atoms with E-state index in [4.69, 9.17) is 22.0 Å². The molecule has 0 saturated carbocycles. The van der Waals surface area contributed by atoms with Crippen molar-refractivity contribution >= 4 is 34.8 Å². The normalized spacial score (nSPS) is 14.7. The third-order valence-electron chi connectivity index (χ3n) is 3.16. The fourth-order valence-corrected chi connectivity index (χ4v) is 2.09. The van der Waals surface area contributed by atoms with Gasteiger partial charge >= 0.3 is 11.6 Å². The second-order valence-corrected chi connectivity index (χ2v) is 5.06. The zero-order chi connectivity index (χ0) is 17.0. The lowest BCUT2D eigenvalue weighted by atomic mass is 9.99. The predicted octanol–water partition coefficient (Wildman–Crippen LogP) is 1.27. The molecule has 0 radical (unpaired) electrons. The molecule has 23 heavy (non-hydrogen) atoms. The Bertz CT molecular complexity index is 799. The first kappa shape index (κ1) is 16.6. The van der Waals surface area contributed by atoms with Gasteiger partial charge in [0.15, 0.2) is 0 Å². The van der Waals surface area contributed by atoms with Crippen LogP contribution in [0.1, 0.15) is 6.92 Å². The lowest BCUT2D eigenvalue weighted by molar-refractivity contribution is -0.144. The summed E-state index contributed by atoms with van der Waals surface area (Å²) in [5, 5.41) is 22.5. The number of aliphatic hydroxyl groups is 1. The van der Waals surface area contributed by atoms with Crippen molar-refractivity contribution in [1.29, 1.82) is 5.26 Å². The van der Waals surface area contributed by atoms with Crippen molar-refractivity contribution < 1.29 is 19.5 Å². The Kier molecular flexibility index (Phi) is 5.04. The fourth-order valence-electron chi connectivity index (χ4n) is 1.96. The first-order valence-corrected chi connectivity index (χ1v) is 7.00. The van der Waals surface area contributed by atoms with Crippen molar-refractivity contribution in [3.8, 4) is 6.07 Å². The van der Waals surface area contributed by atoms with Crippen LogP contribution >= 0.6 is 11.6 Å². The van der Waals surface area contributed by atoms with Crippen molar-refractivity contribution in [2.24, 2.45) is 5.11 Å². The van der Waals surface area contributed by atoms with Crippen molar-refractivity contribution in [2.45, 2.75) is 6.92 Å². The fraction of sp³-hybridized carbons (Fsp3) is 0.200. The largest absolute Gasteiger partial charge is 0.434 e. The van der Waals surface area contributed by atoms with Gasteiger partial charge in [0.1, 0.15) is 22.4 Å². The number of carbonyl (C=O) groups excluding carboxylic acids is 2. The zero-order valence-electron chi connectivity index (χ0n) is 12.2. The van der Waals surface area contributed by atoms with Gasteiger partial charge in [-0.2, -0.15) is 5.26 Å². The molecule has 1 aliphatic rings. The number of rotatable bonds is 3. The Morgan fingerprint density at radius 1 is 1.30 bits per heavy atom. The molecule has 0 bridgehead atoms. The highest BCUT2D eigenvalue weighted by molar-refractivity contribution is 6.48. The van der Waals surface area contributed by atoms with E-state index in [1.54, 1.807) is 30.3 Å². The van der Waals surface area contributed by atoms with Gasteiger partial charge in [-0.3, -0.25) is 14.5 Å². The molecule has 1 aromatic rings. The summed E-state index contributed by atoms with van der Waals surface area (Å²) in [4.78, 5) is 29.0. The van der Waals surface area contributed by atoms with E-state index in [0.717, 1.165) is 4.90 Å². The average molecular weight is 332 g/mol. The van der Waals surface area contributed by atoms with Crippen molar-refractivity contribution in [3.63, 3.8) is 0 Å². The first-order valence-electron chi connectivity index (χ1n) is 6.62. The summed E-state index contributed by atoms with van der Waals surface area (Å²) in [5.41, 5.74) is 0.327. The van der Waals surface area contributed by atoms with Gasteiger partial charge in [0.2, 0.25) is 0 Å². The zero-order valence-corrected chi connectivity index (χ0v) is 12.9. The predicted molar refractivity (Wildman–Crippen MR) is 80.9 cm³/mol. The number of hydrogen-bond acceptors (Lipinski definition) is 5. The molecule has 8 heteroatoms. The second kappa shape index (κ2) is 6.99. The maximum absolute atomic E-state index is 12.3. The van der Waals surface area contributed by atoms with E-state index in [9.17, 15) is 9.59 Å². The van der Waals surface area contributed by atoms with Crippen LogP contribution in [0.25, 0.3) is 0 Å². The Morgan fingerprint density at radius 2 is 1.96 bits per heavy atom. The van der Waals surface area contributed by atoms with E-state index in [-0.39, 0.29) is 23.4 Å². The Hall–Kier alpha value is -2.78. The molecule has 0 atom stereocenters. The summed E-state index contributed by atoms with van der Waals surface area (Å²) in [6.07, 6.45) is 0. The molecule has 2 rings (SSSR count). The van der Waals surface area contributed by atoms with Gasteiger partial charge in [-0.25, -0.2) is 0 Å². The van der Waals surface area contributed by atoms with Crippen molar-refractivity contribution in [1.82, 2.24) is 4.90 Å². The van der Waals surface area contributed by atoms with E-state index < -0.39 is 18.4 Å². The van der Waals surface area contributed by atoms with Crippen LogP contribution in [0, 0.1) is 11.3 Å². The number of hydrogen-bond donors (Lipinski definition) is 1. The molecule has 1 N–H and O–H groups in total. The van der Waals surface area contributed by atoms with E-state index in [2.05, 4.69) is 9.90 Å². The summed E-state index contributed by atoms with van der Waals surface area (Å²) in [5.74, 6) is -1.44. The number of carbonyl (C=O) groups is 2. The standard InChI is InChI=1S/C15H12ClN4O3/c1-9-12(8-17)14(22)20(6-7-21)15(23)13(9)19-18-11-4-2-10(16)3-5-11/h2-5,21H,6-7H2,1H3/q+1. The molecule has 0 fully saturated rings. The third kappa shape index (κ3) is 3.35. The van der Waals surface area contributed by atoms with Crippen LogP contribution in [-0.4, -0.2) is 45.5 Å². The van der Waals surface area contributed by atoms with Crippen molar-refractivity contribution in [2.75, 3.05) is 13.2 Å². The van der Waals surface area contributed by atoms with E-state index in [0.29, 0.717) is 10.7 Å². The molecule has 0 spiro atoms. The number of nitrogens with zero attached hydrogens (tertiary/aromatic N) is 4.